The van der Waals surface area contributed by atoms with Gasteiger partial charge >= 0.3 is 0 Å². The zero-order chi connectivity index (χ0) is 15.0. The monoisotopic (exact) mass is 323 g/mol. The Morgan fingerprint density at radius 1 is 1.14 bits per heavy atom. The molecule has 0 amide bonds. The van der Waals surface area contributed by atoms with Gasteiger partial charge in [-0.15, -0.1) is 5.10 Å². The minimum absolute atomic E-state index is 0.262. The average Bonchev–Trinajstić information content (AvgIpc) is 2.54. The number of benzene rings is 2. The van der Waals surface area contributed by atoms with E-state index in [1.807, 2.05) is 0 Å². The molecule has 0 saturated heterocycles. The summed E-state index contributed by atoms with van der Waals surface area (Å²) >= 11 is 5.98. The molecule has 107 valence electrons. The van der Waals surface area contributed by atoms with E-state index in [0.717, 1.165) is 0 Å². The third kappa shape index (κ3) is 2.91. The molecule has 0 N–H and O–H groups in total. The summed E-state index contributed by atoms with van der Waals surface area (Å²) in [5.74, 6) is -0.701. The molecule has 1 aliphatic rings. The fraction of sp³-hybridized carbons (Fsp3) is 0.0714. The summed E-state index contributed by atoms with van der Waals surface area (Å²) in [5.41, 5.74) is 1.80. The fourth-order valence-electron chi connectivity index (χ4n) is 2.13. The molecule has 0 bridgehead atoms. The van der Waals surface area contributed by atoms with Crippen molar-refractivity contribution in [1.82, 2.24) is 4.83 Å². The molecule has 0 saturated carbocycles. The number of fused-ring (bicyclic) bond motifs is 1. The number of rotatable bonds is 1. The van der Waals surface area contributed by atoms with Crippen LogP contribution in [0.1, 0.15) is 16.7 Å². The Hall–Kier alpha value is -1.92. The number of halogens is 2. The van der Waals surface area contributed by atoms with Gasteiger partial charge in [0, 0.05) is 16.1 Å². The van der Waals surface area contributed by atoms with Gasteiger partial charge in [0.1, 0.15) is 11.5 Å². The molecule has 2 aromatic carbocycles. The van der Waals surface area contributed by atoms with Crippen molar-refractivity contribution in [3.05, 3.63) is 70.0 Å². The molecular formula is C14H9ClFN2O2S. The lowest BCUT2D eigenvalue weighted by molar-refractivity contribution is 0.583. The van der Waals surface area contributed by atoms with Crippen LogP contribution in [0.2, 0.25) is 5.02 Å². The number of nitrogens with zero attached hydrogens (tertiary/aromatic N) is 2. The van der Waals surface area contributed by atoms with Crippen LogP contribution in [0.25, 0.3) is 0 Å². The van der Waals surface area contributed by atoms with Gasteiger partial charge in [0.2, 0.25) is 0 Å². The van der Waals surface area contributed by atoms with Crippen LogP contribution >= 0.6 is 11.6 Å². The second kappa shape index (κ2) is 5.13. The highest BCUT2D eigenvalue weighted by Gasteiger charge is 2.24. The molecule has 3 rings (SSSR count). The van der Waals surface area contributed by atoms with Crippen LogP contribution in [0.5, 0.6) is 0 Å². The van der Waals surface area contributed by atoms with Crippen molar-refractivity contribution in [2.24, 2.45) is 5.10 Å². The van der Waals surface area contributed by atoms with Gasteiger partial charge in [-0.05, 0) is 29.8 Å². The van der Waals surface area contributed by atoms with Crippen molar-refractivity contribution in [3.63, 3.8) is 0 Å². The first-order valence-corrected chi connectivity index (χ1v) is 8.01. The third-order valence-electron chi connectivity index (χ3n) is 3.03. The lowest BCUT2D eigenvalue weighted by Gasteiger charge is -2.08. The smallest absolute Gasteiger partial charge is 0.207 e. The highest BCUT2D eigenvalue weighted by molar-refractivity contribution is 7.88. The molecule has 0 unspecified atom stereocenters. The van der Waals surface area contributed by atoms with Crippen LogP contribution in [-0.4, -0.2) is 14.1 Å². The van der Waals surface area contributed by atoms with Gasteiger partial charge in [-0.1, -0.05) is 34.6 Å². The highest BCUT2D eigenvalue weighted by Crippen LogP contribution is 2.24. The summed E-state index contributed by atoms with van der Waals surface area (Å²) in [5, 5.41) is 4.24. The molecule has 0 fully saturated rings. The summed E-state index contributed by atoms with van der Waals surface area (Å²) < 4.78 is 37.0. The second-order valence-electron chi connectivity index (χ2n) is 4.57. The molecule has 0 aliphatic carbocycles. The maximum atomic E-state index is 13.4. The summed E-state index contributed by atoms with van der Waals surface area (Å²) in [6.07, 6.45) is 0. The van der Waals surface area contributed by atoms with E-state index in [0.29, 0.717) is 21.7 Å². The van der Waals surface area contributed by atoms with Crippen molar-refractivity contribution in [1.29, 1.82) is 0 Å². The zero-order valence-corrected chi connectivity index (χ0v) is 12.2. The third-order valence-corrected chi connectivity index (χ3v) is 4.27. The molecule has 2 aromatic rings. The Bertz CT molecular complexity index is 850. The Labute approximate surface area is 126 Å². The lowest BCUT2D eigenvalue weighted by Crippen LogP contribution is -2.12. The van der Waals surface area contributed by atoms with Crippen molar-refractivity contribution in [2.75, 3.05) is 0 Å². The van der Waals surface area contributed by atoms with Crippen molar-refractivity contribution >= 4 is 27.3 Å². The zero-order valence-electron chi connectivity index (χ0n) is 10.6. The normalized spacial score (nSPS) is 16.4. The quantitative estimate of drug-likeness (QED) is 0.810. The van der Waals surface area contributed by atoms with Gasteiger partial charge in [0.05, 0.1) is 5.75 Å². The molecule has 1 radical (unpaired) electrons. The first-order chi connectivity index (χ1) is 9.94. The Morgan fingerprint density at radius 2 is 1.95 bits per heavy atom. The second-order valence-corrected chi connectivity index (χ2v) is 6.62. The molecule has 0 atom stereocenters. The van der Waals surface area contributed by atoms with Crippen molar-refractivity contribution in [2.45, 2.75) is 5.75 Å². The SMILES string of the molecule is O=S1(=O)Cc2ccc(Cl)cc2C(c2cccc(F)c2)=N[N]1. The van der Waals surface area contributed by atoms with E-state index >= 15 is 0 Å². The summed E-state index contributed by atoms with van der Waals surface area (Å²) in [7, 11) is -3.70. The maximum absolute atomic E-state index is 13.4. The number of sulfonamides is 1. The molecule has 0 aromatic heterocycles. The van der Waals surface area contributed by atoms with Crippen molar-refractivity contribution < 1.29 is 12.8 Å². The van der Waals surface area contributed by atoms with Gasteiger partial charge in [0.15, 0.2) is 0 Å². The summed E-state index contributed by atoms with van der Waals surface area (Å²) in [4.78, 5) is 3.38. The maximum Gasteiger partial charge on any atom is 0.274 e. The van der Waals surface area contributed by atoms with E-state index in [1.54, 1.807) is 24.3 Å². The van der Waals surface area contributed by atoms with E-state index in [4.69, 9.17) is 11.6 Å². The van der Waals surface area contributed by atoms with Gasteiger partial charge < -0.3 is 0 Å². The topological polar surface area (TPSA) is 60.6 Å². The molecule has 0 spiro atoms. The van der Waals surface area contributed by atoms with Crippen LogP contribution in [0.3, 0.4) is 0 Å². The fourth-order valence-corrected chi connectivity index (χ4v) is 3.21. The van der Waals surface area contributed by atoms with Crippen molar-refractivity contribution in [3.8, 4) is 0 Å². The largest absolute Gasteiger partial charge is 0.274 e. The van der Waals surface area contributed by atoms with E-state index < -0.39 is 15.8 Å². The van der Waals surface area contributed by atoms with E-state index in [9.17, 15) is 12.8 Å². The summed E-state index contributed by atoms with van der Waals surface area (Å²) in [6, 6.07) is 10.6. The van der Waals surface area contributed by atoms with E-state index in [2.05, 4.69) is 9.93 Å². The lowest BCUT2D eigenvalue weighted by atomic mass is 9.98. The minimum Gasteiger partial charge on any atom is -0.207 e. The Morgan fingerprint density at radius 3 is 2.71 bits per heavy atom. The standard InChI is InChI=1S/C14H9ClFN2O2S/c15-11-5-4-10-8-21(19,20)18-17-14(13(10)7-11)9-2-1-3-12(16)6-9/h1-7H,8H2. The first kappa shape index (κ1) is 14.0. The molecule has 4 nitrogen and oxygen atoms in total. The van der Waals surface area contributed by atoms with Crippen LogP contribution in [0, 0.1) is 5.82 Å². The van der Waals surface area contributed by atoms with Gasteiger partial charge in [-0.3, -0.25) is 0 Å². The summed E-state index contributed by atoms with van der Waals surface area (Å²) in [6.45, 7) is 0. The van der Waals surface area contributed by atoms with Crippen LogP contribution in [-0.2, 0) is 15.8 Å². The number of hydrogen-bond acceptors (Lipinski definition) is 3. The Balaban J connectivity index is 2.25. The molecule has 1 heterocycles. The minimum atomic E-state index is -3.70. The van der Waals surface area contributed by atoms with Crippen LogP contribution in [0.15, 0.2) is 47.6 Å². The predicted molar refractivity (Wildman–Crippen MR) is 78.2 cm³/mol. The number of hydrogen-bond donors (Lipinski definition) is 0. The molecule has 21 heavy (non-hydrogen) atoms. The first-order valence-electron chi connectivity index (χ1n) is 6.02. The van der Waals surface area contributed by atoms with Gasteiger partial charge in [-0.25, -0.2) is 12.8 Å². The van der Waals surface area contributed by atoms with E-state index in [-0.39, 0.29) is 11.5 Å². The average molecular weight is 324 g/mol. The highest BCUT2D eigenvalue weighted by atomic mass is 35.5. The van der Waals surface area contributed by atoms with E-state index in [1.165, 1.54) is 18.2 Å². The molecule has 1 aliphatic heterocycles. The molecular weight excluding hydrogens is 315 g/mol. The van der Waals surface area contributed by atoms with Gasteiger partial charge in [0.25, 0.3) is 10.0 Å². The molecule has 7 heteroatoms. The van der Waals surface area contributed by atoms with Gasteiger partial charge in [-0.2, -0.15) is 0 Å². The van der Waals surface area contributed by atoms with Crippen LogP contribution in [0.4, 0.5) is 4.39 Å². The van der Waals surface area contributed by atoms with Crippen LogP contribution < -0.4 is 4.83 Å². The Kier molecular flexibility index (Phi) is 3.43. The predicted octanol–water partition coefficient (Wildman–Crippen LogP) is 2.68.